The van der Waals surface area contributed by atoms with Crippen LogP contribution in [0.5, 0.6) is 5.75 Å². The Morgan fingerprint density at radius 1 is 1.19 bits per heavy atom. The van der Waals surface area contributed by atoms with E-state index in [1.54, 1.807) is 0 Å². The highest BCUT2D eigenvalue weighted by Crippen LogP contribution is 2.23. The summed E-state index contributed by atoms with van der Waals surface area (Å²) in [6.07, 6.45) is 1.48. The summed E-state index contributed by atoms with van der Waals surface area (Å²) >= 11 is 0. The number of hydrogen-bond donors (Lipinski definition) is 0. The zero-order valence-electron chi connectivity index (χ0n) is 10.4. The Morgan fingerprint density at radius 2 is 1.88 bits per heavy atom. The topological polar surface area (TPSA) is 12.5 Å². The molecule has 1 atom stereocenters. The predicted octanol–water partition coefficient (Wildman–Crippen LogP) is 2.94. The molecular weight excluding hydrogens is 198 g/mol. The third-order valence-corrected chi connectivity index (χ3v) is 3.14. The lowest BCUT2D eigenvalue weighted by atomic mass is 10.1. The second-order valence-corrected chi connectivity index (χ2v) is 5.46. The number of nitrogens with zero attached hydrogens (tertiary/aromatic N) is 1. The minimum Gasteiger partial charge on any atom is -0.489 e. The summed E-state index contributed by atoms with van der Waals surface area (Å²) in [4.78, 5) is 2.49. The standard InChI is InChI=1S/C14H21NO/c1-14(2,3)15-10-9-13(11-15)16-12-7-5-4-6-8-12/h4-8,13H,9-11H2,1-3H3/t13-/m0/s1. The molecule has 1 aromatic rings. The second-order valence-electron chi connectivity index (χ2n) is 5.46. The first-order valence-corrected chi connectivity index (χ1v) is 6.02. The highest BCUT2D eigenvalue weighted by Gasteiger charge is 2.31. The van der Waals surface area contributed by atoms with Gasteiger partial charge in [0.15, 0.2) is 0 Å². The molecule has 2 heteroatoms. The van der Waals surface area contributed by atoms with Crippen LogP contribution in [0.15, 0.2) is 30.3 Å². The summed E-state index contributed by atoms with van der Waals surface area (Å²) in [6.45, 7) is 8.97. The molecule has 0 aromatic heterocycles. The Hall–Kier alpha value is -1.02. The molecule has 0 saturated carbocycles. The quantitative estimate of drug-likeness (QED) is 0.758. The van der Waals surface area contributed by atoms with Gasteiger partial charge in [0.25, 0.3) is 0 Å². The lowest BCUT2D eigenvalue weighted by Crippen LogP contribution is -2.40. The fraction of sp³-hybridized carbons (Fsp3) is 0.571. The van der Waals surface area contributed by atoms with Crippen LogP contribution in [0, 0.1) is 0 Å². The van der Waals surface area contributed by atoms with Crippen LogP contribution in [0.4, 0.5) is 0 Å². The van der Waals surface area contributed by atoms with Gasteiger partial charge in [0, 0.05) is 18.6 Å². The van der Waals surface area contributed by atoms with E-state index in [0.717, 1.165) is 25.3 Å². The van der Waals surface area contributed by atoms with E-state index in [4.69, 9.17) is 4.74 Å². The van der Waals surface area contributed by atoms with Crippen LogP contribution < -0.4 is 4.74 Å². The Kier molecular flexibility index (Phi) is 3.20. The fourth-order valence-electron chi connectivity index (χ4n) is 2.13. The molecule has 0 amide bonds. The molecule has 1 aromatic carbocycles. The maximum atomic E-state index is 5.96. The van der Waals surface area contributed by atoms with Crippen LogP contribution >= 0.6 is 0 Å². The molecule has 88 valence electrons. The molecule has 1 heterocycles. The summed E-state index contributed by atoms with van der Waals surface area (Å²) in [5, 5.41) is 0. The van der Waals surface area contributed by atoms with Crippen LogP contribution in [-0.4, -0.2) is 29.6 Å². The molecule has 1 fully saturated rings. The van der Waals surface area contributed by atoms with Crippen molar-refractivity contribution in [3.05, 3.63) is 30.3 Å². The van der Waals surface area contributed by atoms with Gasteiger partial charge in [0.05, 0.1) is 0 Å². The van der Waals surface area contributed by atoms with Crippen molar-refractivity contribution in [2.75, 3.05) is 13.1 Å². The highest BCUT2D eigenvalue weighted by atomic mass is 16.5. The van der Waals surface area contributed by atoms with Gasteiger partial charge in [0.1, 0.15) is 11.9 Å². The molecule has 1 aliphatic rings. The van der Waals surface area contributed by atoms with E-state index in [0.29, 0.717) is 6.10 Å². The van der Waals surface area contributed by atoms with Crippen molar-refractivity contribution in [3.8, 4) is 5.75 Å². The van der Waals surface area contributed by atoms with Gasteiger partial charge in [-0.3, -0.25) is 4.90 Å². The van der Waals surface area contributed by atoms with Crippen molar-refractivity contribution in [2.45, 2.75) is 38.8 Å². The zero-order chi connectivity index (χ0) is 11.6. The zero-order valence-corrected chi connectivity index (χ0v) is 10.4. The van der Waals surface area contributed by atoms with E-state index < -0.39 is 0 Å². The first kappa shape index (κ1) is 11.5. The fourth-order valence-corrected chi connectivity index (χ4v) is 2.13. The maximum absolute atomic E-state index is 5.96. The minimum absolute atomic E-state index is 0.259. The average molecular weight is 219 g/mol. The van der Waals surface area contributed by atoms with Crippen molar-refractivity contribution in [1.82, 2.24) is 4.90 Å². The number of rotatable bonds is 2. The Labute approximate surface area is 98.2 Å². The van der Waals surface area contributed by atoms with Gasteiger partial charge in [-0.1, -0.05) is 18.2 Å². The third-order valence-electron chi connectivity index (χ3n) is 3.14. The molecule has 2 nitrogen and oxygen atoms in total. The Morgan fingerprint density at radius 3 is 2.44 bits per heavy atom. The molecule has 1 saturated heterocycles. The van der Waals surface area contributed by atoms with E-state index >= 15 is 0 Å². The van der Waals surface area contributed by atoms with Crippen LogP contribution in [0.3, 0.4) is 0 Å². The Bertz CT molecular complexity index is 328. The van der Waals surface area contributed by atoms with Gasteiger partial charge < -0.3 is 4.74 Å². The van der Waals surface area contributed by atoms with E-state index in [9.17, 15) is 0 Å². The van der Waals surface area contributed by atoms with Crippen LogP contribution in [-0.2, 0) is 0 Å². The van der Waals surface area contributed by atoms with E-state index in [-0.39, 0.29) is 5.54 Å². The van der Waals surface area contributed by atoms with E-state index in [2.05, 4.69) is 25.7 Å². The van der Waals surface area contributed by atoms with Crippen molar-refractivity contribution < 1.29 is 4.74 Å². The molecule has 1 aliphatic heterocycles. The van der Waals surface area contributed by atoms with Gasteiger partial charge in [-0.25, -0.2) is 0 Å². The summed E-state index contributed by atoms with van der Waals surface area (Å²) in [5.74, 6) is 0.989. The molecule has 0 radical (unpaired) electrons. The number of para-hydroxylation sites is 1. The third kappa shape index (κ3) is 2.76. The number of benzene rings is 1. The van der Waals surface area contributed by atoms with Crippen LogP contribution in [0.2, 0.25) is 0 Å². The summed E-state index contributed by atoms with van der Waals surface area (Å²) < 4.78 is 5.96. The molecule has 0 N–H and O–H groups in total. The van der Waals surface area contributed by atoms with Gasteiger partial charge in [-0.15, -0.1) is 0 Å². The minimum atomic E-state index is 0.259. The molecule has 0 unspecified atom stereocenters. The first-order valence-electron chi connectivity index (χ1n) is 6.02. The summed E-state index contributed by atoms with van der Waals surface area (Å²) in [6, 6.07) is 10.1. The molecule has 0 bridgehead atoms. The SMILES string of the molecule is CC(C)(C)N1CC[C@H](Oc2ccccc2)C1. The van der Waals surface area contributed by atoms with Crippen LogP contribution in [0.1, 0.15) is 27.2 Å². The average Bonchev–Trinajstić information content (AvgIpc) is 2.67. The maximum Gasteiger partial charge on any atom is 0.119 e. The van der Waals surface area contributed by atoms with Crippen molar-refractivity contribution >= 4 is 0 Å². The lowest BCUT2D eigenvalue weighted by molar-refractivity contribution is 0.141. The first-order chi connectivity index (χ1) is 7.55. The van der Waals surface area contributed by atoms with Gasteiger partial charge >= 0.3 is 0 Å². The number of hydrogen-bond acceptors (Lipinski definition) is 2. The lowest BCUT2D eigenvalue weighted by Gasteiger charge is -2.31. The summed E-state index contributed by atoms with van der Waals surface area (Å²) in [7, 11) is 0. The summed E-state index contributed by atoms with van der Waals surface area (Å²) in [5.41, 5.74) is 0.259. The van der Waals surface area contributed by atoms with Crippen LogP contribution in [0.25, 0.3) is 0 Å². The van der Waals surface area contributed by atoms with E-state index in [1.165, 1.54) is 0 Å². The second kappa shape index (κ2) is 4.46. The highest BCUT2D eigenvalue weighted by molar-refractivity contribution is 5.21. The predicted molar refractivity (Wildman–Crippen MR) is 66.8 cm³/mol. The number of ether oxygens (including phenoxy) is 1. The van der Waals surface area contributed by atoms with E-state index in [1.807, 2.05) is 30.3 Å². The largest absolute Gasteiger partial charge is 0.489 e. The van der Waals surface area contributed by atoms with Crippen molar-refractivity contribution in [3.63, 3.8) is 0 Å². The molecule has 2 rings (SSSR count). The van der Waals surface area contributed by atoms with Gasteiger partial charge in [-0.2, -0.15) is 0 Å². The normalized spacial score (nSPS) is 22.3. The monoisotopic (exact) mass is 219 g/mol. The number of likely N-dealkylation sites (tertiary alicyclic amines) is 1. The molecule has 0 aliphatic carbocycles. The molecule has 0 spiro atoms. The van der Waals surface area contributed by atoms with Gasteiger partial charge in [0.2, 0.25) is 0 Å². The molecule has 16 heavy (non-hydrogen) atoms. The smallest absolute Gasteiger partial charge is 0.119 e. The van der Waals surface area contributed by atoms with Crippen molar-refractivity contribution in [1.29, 1.82) is 0 Å². The molecular formula is C14H21NO. The Balaban J connectivity index is 1.91. The van der Waals surface area contributed by atoms with Gasteiger partial charge in [-0.05, 0) is 39.3 Å². The van der Waals surface area contributed by atoms with Crippen molar-refractivity contribution in [2.24, 2.45) is 0 Å².